The van der Waals surface area contributed by atoms with Crippen molar-refractivity contribution in [2.24, 2.45) is 0 Å². The van der Waals surface area contributed by atoms with Gasteiger partial charge in [-0.1, -0.05) is 41.9 Å². The molecule has 21 heavy (non-hydrogen) atoms. The minimum atomic E-state index is -0.872. The lowest BCUT2D eigenvalue weighted by Gasteiger charge is -2.19. The third-order valence-corrected chi connectivity index (χ3v) is 3.73. The van der Waals surface area contributed by atoms with E-state index in [4.69, 9.17) is 21.1 Å². The fraction of sp³-hybridized carbons (Fsp3) is 0.533. The van der Waals surface area contributed by atoms with E-state index in [1.54, 1.807) is 0 Å². The molecule has 3 atom stereocenters. The van der Waals surface area contributed by atoms with Gasteiger partial charge >= 0.3 is 6.09 Å². The zero-order valence-corrected chi connectivity index (χ0v) is 12.5. The van der Waals surface area contributed by atoms with E-state index >= 15 is 0 Å². The van der Waals surface area contributed by atoms with Crippen LogP contribution in [0, 0.1) is 0 Å². The number of alkyl halides is 1. The molecule has 1 fully saturated rings. The van der Waals surface area contributed by atoms with Gasteiger partial charge in [0.25, 0.3) is 0 Å². The normalized spacial score (nSPS) is 20.8. The van der Waals surface area contributed by atoms with Crippen molar-refractivity contribution in [1.82, 2.24) is 5.32 Å². The van der Waals surface area contributed by atoms with Gasteiger partial charge in [-0.15, -0.1) is 0 Å². The predicted molar refractivity (Wildman–Crippen MR) is 79.3 cm³/mol. The SMILES string of the molecule is O=C(N[C@@H](Cl)C(O)CCc1ccccc1)O[C@H]1CCOC1. The van der Waals surface area contributed by atoms with E-state index in [-0.39, 0.29) is 6.10 Å². The molecule has 1 amide bonds. The largest absolute Gasteiger partial charge is 0.444 e. The van der Waals surface area contributed by atoms with Crippen molar-refractivity contribution in [3.05, 3.63) is 35.9 Å². The number of hydrogen-bond acceptors (Lipinski definition) is 4. The highest BCUT2D eigenvalue weighted by molar-refractivity contribution is 6.21. The standard InChI is InChI=1S/C15H20ClNO4/c16-14(17-15(19)21-12-8-9-20-10-12)13(18)7-6-11-4-2-1-3-5-11/h1-5,12-14,18H,6-10H2,(H,17,19)/t12-,13?,14+/m0/s1. The average Bonchev–Trinajstić information content (AvgIpc) is 2.98. The number of nitrogens with one attached hydrogen (secondary N) is 1. The van der Waals surface area contributed by atoms with E-state index in [0.717, 1.165) is 5.56 Å². The first-order valence-corrected chi connectivity index (χ1v) is 7.50. The van der Waals surface area contributed by atoms with Gasteiger partial charge in [0.2, 0.25) is 0 Å². The van der Waals surface area contributed by atoms with Crippen LogP contribution in [0.25, 0.3) is 0 Å². The number of amides is 1. The van der Waals surface area contributed by atoms with Crippen molar-refractivity contribution in [3.8, 4) is 0 Å². The molecule has 0 spiro atoms. The molecule has 2 rings (SSSR count). The molecule has 1 unspecified atom stereocenters. The highest BCUT2D eigenvalue weighted by Gasteiger charge is 2.23. The summed E-state index contributed by atoms with van der Waals surface area (Å²) < 4.78 is 10.2. The van der Waals surface area contributed by atoms with Gasteiger partial charge in [-0.2, -0.15) is 0 Å². The van der Waals surface area contributed by atoms with Gasteiger partial charge in [-0.3, -0.25) is 0 Å². The van der Waals surface area contributed by atoms with E-state index in [1.807, 2.05) is 30.3 Å². The lowest BCUT2D eigenvalue weighted by Crippen LogP contribution is -2.41. The molecule has 0 radical (unpaired) electrons. The second kappa shape index (κ2) is 8.22. The maximum Gasteiger partial charge on any atom is 0.408 e. The summed E-state index contributed by atoms with van der Waals surface area (Å²) in [5.41, 5.74) is 0.245. The molecule has 0 saturated carbocycles. The molecule has 1 heterocycles. The monoisotopic (exact) mass is 313 g/mol. The van der Waals surface area contributed by atoms with Crippen LogP contribution in [-0.2, 0) is 15.9 Å². The van der Waals surface area contributed by atoms with Crippen LogP contribution >= 0.6 is 11.6 Å². The number of aliphatic hydroxyl groups is 1. The molecule has 1 aromatic rings. The summed E-state index contributed by atoms with van der Waals surface area (Å²) in [6.07, 6.45) is 0.166. The highest BCUT2D eigenvalue weighted by Crippen LogP contribution is 2.12. The maximum absolute atomic E-state index is 11.6. The Morgan fingerprint density at radius 3 is 2.90 bits per heavy atom. The van der Waals surface area contributed by atoms with Crippen LogP contribution in [0.5, 0.6) is 0 Å². The van der Waals surface area contributed by atoms with Crippen LogP contribution in [0.3, 0.4) is 0 Å². The molecular weight excluding hydrogens is 294 g/mol. The summed E-state index contributed by atoms with van der Waals surface area (Å²) in [6.45, 7) is 1.01. The zero-order chi connectivity index (χ0) is 15.1. The van der Waals surface area contributed by atoms with Crippen LogP contribution in [0.1, 0.15) is 18.4 Å². The van der Waals surface area contributed by atoms with Crippen molar-refractivity contribution in [1.29, 1.82) is 0 Å². The average molecular weight is 314 g/mol. The van der Waals surface area contributed by atoms with E-state index in [1.165, 1.54) is 0 Å². The number of benzene rings is 1. The number of hydrogen-bond donors (Lipinski definition) is 2. The molecule has 1 aromatic carbocycles. The Labute approximate surface area is 129 Å². The van der Waals surface area contributed by atoms with Gasteiger partial charge in [0, 0.05) is 6.42 Å². The second-order valence-corrected chi connectivity index (χ2v) is 5.50. The highest BCUT2D eigenvalue weighted by atomic mass is 35.5. The summed E-state index contributed by atoms with van der Waals surface area (Å²) in [7, 11) is 0. The van der Waals surface area contributed by atoms with Crippen molar-refractivity contribution >= 4 is 17.7 Å². The summed E-state index contributed by atoms with van der Waals surface area (Å²) >= 11 is 5.98. The summed E-state index contributed by atoms with van der Waals surface area (Å²) in [5.74, 6) is 0. The molecule has 0 aliphatic carbocycles. The van der Waals surface area contributed by atoms with Crippen LogP contribution in [0.4, 0.5) is 4.79 Å². The molecule has 1 aliphatic rings. The van der Waals surface area contributed by atoms with Crippen LogP contribution in [0.2, 0.25) is 0 Å². The number of rotatable bonds is 6. The number of halogens is 1. The lowest BCUT2D eigenvalue weighted by atomic mass is 10.1. The molecule has 5 nitrogen and oxygen atoms in total. The van der Waals surface area contributed by atoms with Gasteiger partial charge < -0.3 is 19.9 Å². The number of aryl methyl sites for hydroxylation is 1. The molecule has 116 valence electrons. The van der Waals surface area contributed by atoms with E-state index in [0.29, 0.717) is 32.5 Å². The smallest absolute Gasteiger partial charge is 0.408 e. The van der Waals surface area contributed by atoms with E-state index < -0.39 is 17.7 Å². The van der Waals surface area contributed by atoms with Crippen molar-refractivity contribution in [2.75, 3.05) is 13.2 Å². The van der Waals surface area contributed by atoms with Crippen LogP contribution < -0.4 is 5.32 Å². The predicted octanol–water partition coefficient (Wildman–Crippen LogP) is 2.06. The Kier molecular flexibility index (Phi) is 6.29. The molecular formula is C15H20ClNO4. The summed E-state index contributed by atoms with van der Waals surface area (Å²) in [5, 5.41) is 12.4. The molecule has 1 saturated heterocycles. The first-order chi connectivity index (χ1) is 10.1. The van der Waals surface area contributed by atoms with Crippen molar-refractivity contribution in [3.63, 3.8) is 0 Å². The van der Waals surface area contributed by atoms with E-state index in [2.05, 4.69) is 5.32 Å². The summed E-state index contributed by atoms with van der Waals surface area (Å²) in [6, 6.07) is 9.79. The Hall–Kier alpha value is -1.30. The van der Waals surface area contributed by atoms with Gasteiger partial charge in [-0.25, -0.2) is 4.79 Å². The molecule has 0 aromatic heterocycles. The van der Waals surface area contributed by atoms with Crippen LogP contribution in [0.15, 0.2) is 30.3 Å². The Balaban J connectivity index is 1.69. The molecule has 2 N–H and O–H groups in total. The number of ether oxygens (including phenoxy) is 2. The van der Waals surface area contributed by atoms with Crippen molar-refractivity contribution in [2.45, 2.75) is 37.0 Å². The third-order valence-electron chi connectivity index (χ3n) is 3.33. The Morgan fingerprint density at radius 2 is 2.24 bits per heavy atom. The fourth-order valence-corrected chi connectivity index (χ4v) is 2.32. The van der Waals surface area contributed by atoms with E-state index in [9.17, 15) is 9.90 Å². The minimum Gasteiger partial charge on any atom is -0.444 e. The number of carbonyl (C=O) groups excluding carboxylic acids is 1. The molecule has 6 heteroatoms. The van der Waals surface area contributed by atoms with Gasteiger partial charge in [-0.05, 0) is 18.4 Å². The summed E-state index contributed by atoms with van der Waals surface area (Å²) in [4.78, 5) is 11.6. The van der Waals surface area contributed by atoms with Gasteiger partial charge in [0.1, 0.15) is 11.6 Å². The molecule has 1 aliphatic heterocycles. The first kappa shape index (κ1) is 16.1. The van der Waals surface area contributed by atoms with Gasteiger partial charge in [0.05, 0.1) is 19.3 Å². The topological polar surface area (TPSA) is 67.8 Å². The number of carbonyl (C=O) groups is 1. The van der Waals surface area contributed by atoms with Crippen LogP contribution in [-0.4, -0.2) is 42.1 Å². The second-order valence-electron chi connectivity index (χ2n) is 5.03. The number of alkyl carbamates (subject to hydrolysis) is 1. The third kappa shape index (κ3) is 5.53. The Bertz CT molecular complexity index is 437. The lowest BCUT2D eigenvalue weighted by molar-refractivity contribution is 0.0753. The minimum absolute atomic E-state index is 0.227. The quantitative estimate of drug-likeness (QED) is 0.623. The Morgan fingerprint density at radius 1 is 1.48 bits per heavy atom. The number of aliphatic hydroxyl groups excluding tert-OH is 1. The maximum atomic E-state index is 11.6. The molecule has 0 bridgehead atoms. The van der Waals surface area contributed by atoms with Gasteiger partial charge in [0.15, 0.2) is 0 Å². The first-order valence-electron chi connectivity index (χ1n) is 7.06. The van der Waals surface area contributed by atoms with Crippen molar-refractivity contribution < 1.29 is 19.4 Å². The zero-order valence-electron chi connectivity index (χ0n) is 11.7. The fourth-order valence-electron chi connectivity index (χ4n) is 2.11.